The number of imide groups is 1. The fourth-order valence-electron chi connectivity index (χ4n) is 3.41. The van der Waals surface area contributed by atoms with Crippen molar-refractivity contribution in [1.29, 1.82) is 0 Å². The highest BCUT2D eigenvalue weighted by molar-refractivity contribution is 6.21. The second kappa shape index (κ2) is 10.4. The molecule has 2 aromatic carbocycles. The van der Waals surface area contributed by atoms with Gasteiger partial charge >= 0.3 is 0 Å². The number of carbonyl (C=O) groups is 2. The van der Waals surface area contributed by atoms with E-state index in [1.165, 1.54) is 4.90 Å². The molecular formula is C23H25NO7. The highest BCUT2D eigenvalue weighted by Crippen LogP contribution is 2.31. The molecule has 8 nitrogen and oxygen atoms in total. The standard InChI is InChI=1S/C23H25NO7/c25-22-18-3-1-2-4-19(18)23(26)24(22)16-17-5-6-20-21(15-17)31-14-12-29-10-8-27-7-9-28-11-13-30-20/h1-6,15H,7-14,16H2. The van der Waals surface area contributed by atoms with Gasteiger partial charge in [-0.25, -0.2) is 0 Å². The van der Waals surface area contributed by atoms with Crippen LogP contribution in [0.4, 0.5) is 0 Å². The zero-order valence-corrected chi connectivity index (χ0v) is 17.2. The first-order chi connectivity index (χ1) is 15.2. The van der Waals surface area contributed by atoms with Gasteiger partial charge in [0.2, 0.25) is 0 Å². The van der Waals surface area contributed by atoms with Crippen LogP contribution in [0.1, 0.15) is 26.3 Å². The Labute approximate surface area is 180 Å². The van der Waals surface area contributed by atoms with E-state index in [1.807, 2.05) is 6.07 Å². The Morgan fingerprint density at radius 1 is 0.645 bits per heavy atom. The van der Waals surface area contributed by atoms with Gasteiger partial charge in [-0.15, -0.1) is 0 Å². The summed E-state index contributed by atoms with van der Waals surface area (Å²) in [6, 6.07) is 12.3. The molecule has 31 heavy (non-hydrogen) atoms. The molecule has 0 unspecified atom stereocenters. The van der Waals surface area contributed by atoms with Crippen LogP contribution in [-0.4, -0.2) is 69.6 Å². The molecule has 2 amide bonds. The molecule has 0 spiro atoms. The van der Waals surface area contributed by atoms with Crippen LogP contribution < -0.4 is 9.47 Å². The summed E-state index contributed by atoms with van der Waals surface area (Å²) in [4.78, 5) is 26.6. The zero-order chi connectivity index (χ0) is 21.5. The fraction of sp³-hybridized carbons (Fsp3) is 0.391. The Kier molecular flexibility index (Phi) is 7.14. The third kappa shape index (κ3) is 5.22. The molecule has 0 saturated heterocycles. The van der Waals surface area contributed by atoms with Crippen molar-refractivity contribution < 1.29 is 33.3 Å². The van der Waals surface area contributed by atoms with Crippen molar-refractivity contribution in [1.82, 2.24) is 4.90 Å². The van der Waals surface area contributed by atoms with Gasteiger partial charge in [-0.05, 0) is 29.8 Å². The van der Waals surface area contributed by atoms with E-state index in [-0.39, 0.29) is 18.4 Å². The van der Waals surface area contributed by atoms with E-state index in [9.17, 15) is 9.59 Å². The number of hydrogen-bond donors (Lipinski definition) is 0. The molecule has 0 bridgehead atoms. The molecule has 0 fully saturated rings. The minimum Gasteiger partial charge on any atom is -0.487 e. The van der Waals surface area contributed by atoms with Gasteiger partial charge in [-0.3, -0.25) is 14.5 Å². The number of rotatable bonds is 2. The van der Waals surface area contributed by atoms with Gasteiger partial charge < -0.3 is 23.7 Å². The average molecular weight is 427 g/mol. The lowest BCUT2D eigenvalue weighted by Gasteiger charge is -2.17. The van der Waals surface area contributed by atoms with Crippen LogP contribution >= 0.6 is 0 Å². The van der Waals surface area contributed by atoms with Crippen LogP contribution in [0.2, 0.25) is 0 Å². The van der Waals surface area contributed by atoms with Crippen molar-refractivity contribution in [2.75, 3.05) is 52.9 Å². The van der Waals surface area contributed by atoms with Gasteiger partial charge in [-0.1, -0.05) is 18.2 Å². The summed E-state index contributed by atoms with van der Waals surface area (Å²) in [5.41, 5.74) is 1.63. The van der Waals surface area contributed by atoms with Crippen LogP contribution in [0.3, 0.4) is 0 Å². The monoisotopic (exact) mass is 427 g/mol. The summed E-state index contributed by atoms with van der Waals surface area (Å²) >= 11 is 0. The third-order valence-electron chi connectivity index (χ3n) is 4.94. The molecular weight excluding hydrogens is 402 g/mol. The molecule has 2 aromatic rings. The Balaban J connectivity index is 1.47. The fourth-order valence-corrected chi connectivity index (χ4v) is 3.41. The smallest absolute Gasteiger partial charge is 0.261 e. The first-order valence-corrected chi connectivity index (χ1v) is 10.3. The van der Waals surface area contributed by atoms with Gasteiger partial charge in [0, 0.05) is 0 Å². The second-order valence-corrected chi connectivity index (χ2v) is 7.06. The molecule has 0 aromatic heterocycles. The van der Waals surface area contributed by atoms with Gasteiger partial charge in [0.15, 0.2) is 11.5 Å². The van der Waals surface area contributed by atoms with Crippen LogP contribution in [0.5, 0.6) is 11.5 Å². The van der Waals surface area contributed by atoms with E-state index in [0.717, 1.165) is 5.56 Å². The van der Waals surface area contributed by atoms with Crippen LogP contribution in [0, 0.1) is 0 Å². The molecule has 2 heterocycles. The normalized spacial score (nSPS) is 18.3. The van der Waals surface area contributed by atoms with E-state index in [2.05, 4.69) is 0 Å². The summed E-state index contributed by atoms with van der Waals surface area (Å²) in [5.74, 6) is 0.521. The number of carbonyl (C=O) groups excluding carboxylic acids is 2. The Hall–Kier alpha value is -2.94. The molecule has 0 atom stereocenters. The minimum absolute atomic E-state index is 0.153. The number of nitrogens with zero attached hydrogens (tertiary/aromatic N) is 1. The van der Waals surface area contributed by atoms with Gasteiger partial charge in [0.25, 0.3) is 11.8 Å². The van der Waals surface area contributed by atoms with Crippen LogP contribution in [0.25, 0.3) is 0 Å². The van der Waals surface area contributed by atoms with Crippen LogP contribution in [-0.2, 0) is 20.8 Å². The molecule has 0 radical (unpaired) electrons. The number of amides is 2. The maximum absolute atomic E-state index is 12.7. The van der Waals surface area contributed by atoms with Crippen molar-refractivity contribution in [2.45, 2.75) is 6.54 Å². The predicted octanol–water partition coefficient (Wildman–Crippen LogP) is 2.30. The molecule has 0 N–H and O–H groups in total. The summed E-state index contributed by atoms with van der Waals surface area (Å²) in [7, 11) is 0. The molecule has 2 aliphatic rings. The van der Waals surface area contributed by atoms with Crippen molar-refractivity contribution in [3.8, 4) is 11.5 Å². The highest BCUT2D eigenvalue weighted by atomic mass is 16.6. The second-order valence-electron chi connectivity index (χ2n) is 7.06. The summed E-state index contributed by atoms with van der Waals surface area (Å²) in [5, 5.41) is 0. The lowest BCUT2D eigenvalue weighted by atomic mass is 10.1. The SMILES string of the molecule is O=C1c2ccccc2C(=O)N1Cc1ccc2c(c1)OCCOCCOCCOCCO2. The number of benzene rings is 2. The highest BCUT2D eigenvalue weighted by Gasteiger charge is 2.35. The number of hydrogen-bond acceptors (Lipinski definition) is 7. The van der Waals surface area contributed by atoms with Crippen molar-refractivity contribution >= 4 is 11.8 Å². The van der Waals surface area contributed by atoms with E-state index < -0.39 is 0 Å². The molecule has 0 saturated carbocycles. The van der Waals surface area contributed by atoms with Crippen molar-refractivity contribution in [3.63, 3.8) is 0 Å². The molecule has 4 rings (SSSR count). The Morgan fingerprint density at radius 2 is 1.16 bits per heavy atom. The third-order valence-corrected chi connectivity index (χ3v) is 4.94. The maximum atomic E-state index is 12.7. The molecule has 2 aliphatic heterocycles. The predicted molar refractivity (Wildman–Crippen MR) is 111 cm³/mol. The number of ether oxygens (including phenoxy) is 5. The lowest BCUT2D eigenvalue weighted by Crippen LogP contribution is -2.29. The first kappa shape index (κ1) is 21.3. The van der Waals surface area contributed by atoms with Crippen molar-refractivity contribution in [2.24, 2.45) is 0 Å². The van der Waals surface area contributed by atoms with E-state index in [4.69, 9.17) is 23.7 Å². The largest absolute Gasteiger partial charge is 0.487 e. The molecule has 164 valence electrons. The maximum Gasteiger partial charge on any atom is 0.261 e. The Morgan fingerprint density at radius 3 is 1.74 bits per heavy atom. The first-order valence-electron chi connectivity index (χ1n) is 10.3. The topological polar surface area (TPSA) is 83.5 Å². The van der Waals surface area contributed by atoms with Gasteiger partial charge in [-0.2, -0.15) is 0 Å². The summed E-state index contributed by atoms with van der Waals surface area (Å²) in [6.07, 6.45) is 0. The summed E-state index contributed by atoms with van der Waals surface area (Å²) < 4.78 is 28.0. The Bertz CT molecular complexity index is 895. The quantitative estimate of drug-likeness (QED) is 0.680. The van der Waals surface area contributed by atoms with Crippen LogP contribution in [0.15, 0.2) is 42.5 Å². The minimum atomic E-state index is -0.290. The summed E-state index contributed by atoms with van der Waals surface area (Å²) in [6.45, 7) is 3.67. The van der Waals surface area contributed by atoms with E-state index in [1.54, 1.807) is 36.4 Å². The number of fused-ring (bicyclic) bond motifs is 2. The van der Waals surface area contributed by atoms with Gasteiger partial charge in [0.1, 0.15) is 13.2 Å². The van der Waals surface area contributed by atoms with E-state index >= 15 is 0 Å². The van der Waals surface area contributed by atoms with E-state index in [0.29, 0.717) is 75.5 Å². The zero-order valence-electron chi connectivity index (χ0n) is 17.2. The molecule has 8 heteroatoms. The average Bonchev–Trinajstić information content (AvgIpc) is 3.02. The lowest BCUT2D eigenvalue weighted by molar-refractivity contribution is 0.00708. The van der Waals surface area contributed by atoms with Gasteiger partial charge in [0.05, 0.1) is 57.3 Å². The molecule has 0 aliphatic carbocycles. The van der Waals surface area contributed by atoms with Crippen molar-refractivity contribution in [3.05, 3.63) is 59.2 Å².